The van der Waals surface area contributed by atoms with E-state index < -0.39 is 6.10 Å². The third-order valence-electron chi connectivity index (χ3n) is 3.70. The fraction of sp³-hybridized carbons (Fsp3) is 0.350. The van der Waals surface area contributed by atoms with Gasteiger partial charge >= 0.3 is 0 Å². The number of nitrogens with one attached hydrogen (secondary N) is 1. The van der Waals surface area contributed by atoms with Crippen LogP contribution in [0.1, 0.15) is 23.6 Å². The first-order valence-electron chi connectivity index (χ1n) is 8.19. The molecule has 0 aliphatic heterocycles. The fourth-order valence-corrected chi connectivity index (χ4v) is 3.02. The molecule has 0 radical (unpaired) electrons. The van der Waals surface area contributed by atoms with Gasteiger partial charge in [0.15, 0.2) is 6.10 Å². The molecule has 128 valence electrons. The lowest BCUT2D eigenvalue weighted by atomic mass is 10.2. The summed E-state index contributed by atoms with van der Waals surface area (Å²) in [5.74, 6) is 2.53. The van der Waals surface area contributed by atoms with Gasteiger partial charge in [-0.05, 0) is 38.0 Å². The summed E-state index contributed by atoms with van der Waals surface area (Å²) < 4.78 is 5.73. The normalized spacial score (nSPS) is 11.8. The van der Waals surface area contributed by atoms with Gasteiger partial charge in [-0.1, -0.05) is 48.0 Å². The first-order chi connectivity index (χ1) is 11.6. The summed E-state index contributed by atoms with van der Waals surface area (Å²) in [5.41, 5.74) is 3.62. The van der Waals surface area contributed by atoms with Crippen molar-refractivity contribution < 1.29 is 9.53 Å². The number of para-hydroxylation sites is 1. The van der Waals surface area contributed by atoms with Crippen LogP contribution in [0.3, 0.4) is 0 Å². The molecule has 0 aliphatic rings. The molecule has 0 aliphatic carbocycles. The first kappa shape index (κ1) is 18.4. The third-order valence-corrected chi connectivity index (χ3v) is 4.73. The second-order valence-corrected chi connectivity index (χ2v) is 6.96. The number of benzene rings is 2. The molecule has 1 N–H and O–H groups in total. The Hall–Kier alpha value is -1.94. The summed E-state index contributed by atoms with van der Waals surface area (Å²) in [6.45, 7) is 6.49. The SMILES string of the molecule is Cc1ccc(CSCCNC(=O)[C@H](C)Oc2ccccc2C)cc1. The molecule has 0 spiro atoms. The van der Waals surface area contributed by atoms with E-state index in [1.807, 2.05) is 43.0 Å². The molecule has 0 bridgehead atoms. The van der Waals surface area contributed by atoms with Gasteiger partial charge in [-0.2, -0.15) is 11.8 Å². The van der Waals surface area contributed by atoms with E-state index in [-0.39, 0.29) is 5.91 Å². The van der Waals surface area contributed by atoms with Crippen molar-refractivity contribution in [3.8, 4) is 5.75 Å². The van der Waals surface area contributed by atoms with Gasteiger partial charge < -0.3 is 10.1 Å². The van der Waals surface area contributed by atoms with Crippen LogP contribution in [-0.4, -0.2) is 24.3 Å². The topological polar surface area (TPSA) is 38.3 Å². The van der Waals surface area contributed by atoms with E-state index in [0.29, 0.717) is 6.54 Å². The zero-order valence-electron chi connectivity index (χ0n) is 14.5. The smallest absolute Gasteiger partial charge is 0.260 e. The predicted octanol–water partition coefficient (Wildman–Crippen LogP) is 4.12. The van der Waals surface area contributed by atoms with Crippen molar-refractivity contribution in [2.45, 2.75) is 32.6 Å². The van der Waals surface area contributed by atoms with Crippen LogP contribution in [0.25, 0.3) is 0 Å². The van der Waals surface area contributed by atoms with Gasteiger partial charge in [0.1, 0.15) is 5.75 Å². The number of carbonyl (C=O) groups excluding carboxylic acids is 1. The molecule has 0 saturated carbocycles. The maximum Gasteiger partial charge on any atom is 0.260 e. The average Bonchev–Trinajstić information content (AvgIpc) is 2.58. The van der Waals surface area contributed by atoms with Crippen LogP contribution < -0.4 is 10.1 Å². The van der Waals surface area contributed by atoms with Gasteiger partial charge in [0.2, 0.25) is 0 Å². The first-order valence-corrected chi connectivity index (χ1v) is 9.35. The Bertz CT molecular complexity index is 655. The molecule has 4 heteroatoms. The Kier molecular flexibility index (Phi) is 7.19. The highest BCUT2D eigenvalue weighted by Gasteiger charge is 2.14. The van der Waals surface area contributed by atoms with Crippen LogP contribution in [0.5, 0.6) is 5.75 Å². The number of amides is 1. The number of hydrogen-bond acceptors (Lipinski definition) is 3. The molecule has 3 nitrogen and oxygen atoms in total. The van der Waals surface area contributed by atoms with Crippen molar-refractivity contribution in [3.05, 3.63) is 65.2 Å². The van der Waals surface area contributed by atoms with Crippen molar-refractivity contribution in [2.24, 2.45) is 0 Å². The molecule has 0 saturated heterocycles. The highest BCUT2D eigenvalue weighted by Crippen LogP contribution is 2.17. The minimum atomic E-state index is -0.492. The minimum absolute atomic E-state index is 0.0748. The quantitative estimate of drug-likeness (QED) is 0.733. The van der Waals surface area contributed by atoms with Crippen molar-refractivity contribution in [1.29, 1.82) is 0 Å². The van der Waals surface area contributed by atoms with Crippen LogP contribution in [-0.2, 0) is 10.5 Å². The van der Waals surface area contributed by atoms with Crippen LogP contribution in [0, 0.1) is 13.8 Å². The van der Waals surface area contributed by atoms with E-state index in [1.165, 1.54) is 11.1 Å². The van der Waals surface area contributed by atoms with Crippen molar-refractivity contribution in [1.82, 2.24) is 5.32 Å². The van der Waals surface area contributed by atoms with E-state index >= 15 is 0 Å². The Morgan fingerprint density at radius 1 is 1.12 bits per heavy atom. The molecule has 0 fully saturated rings. The van der Waals surface area contributed by atoms with Crippen LogP contribution in [0.4, 0.5) is 0 Å². The number of rotatable bonds is 8. The van der Waals surface area contributed by atoms with E-state index in [0.717, 1.165) is 22.8 Å². The molecule has 0 unspecified atom stereocenters. The molecule has 24 heavy (non-hydrogen) atoms. The van der Waals surface area contributed by atoms with Gasteiger partial charge in [-0.3, -0.25) is 4.79 Å². The summed E-state index contributed by atoms with van der Waals surface area (Å²) in [6, 6.07) is 16.3. The minimum Gasteiger partial charge on any atom is -0.481 e. The Balaban J connectivity index is 1.65. The Morgan fingerprint density at radius 3 is 2.54 bits per heavy atom. The number of hydrogen-bond donors (Lipinski definition) is 1. The lowest BCUT2D eigenvalue weighted by molar-refractivity contribution is -0.127. The second kappa shape index (κ2) is 9.38. The van der Waals surface area contributed by atoms with Gasteiger partial charge in [0.05, 0.1) is 0 Å². The van der Waals surface area contributed by atoms with Gasteiger partial charge in [-0.25, -0.2) is 0 Å². The van der Waals surface area contributed by atoms with Crippen LogP contribution in [0.2, 0.25) is 0 Å². The molecule has 0 aromatic heterocycles. The molecular weight excluding hydrogens is 318 g/mol. The van der Waals surface area contributed by atoms with Crippen LogP contribution >= 0.6 is 11.8 Å². The van der Waals surface area contributed by atoms with Crippen LogP contribution in [0.15, 0.2) is 48.5 Å². The van der Waals surface area contributed by atoms with Crippen molar-refractivity contribution in [3.63, 3.8) is 0 Å². The molecule has 2 rings (SSSR count). The maximum atomic E-state index is 12.1. The number of carbonyl (C=O) groups is 1. The van der Waals surface area contributed by atoms with E-state index in [4.69, 9.17) is 4.74 Å². The Morgan fingerprint density at radius 2 is 1.83 bits per heavy atom. The van der Waals surface area contributed by atoms with Crippen molar-refractivity contribution in [2.75, 3.05) is 12.3 Å². The summed E-state index contributed by atoms with van der Waals surface area (Å²) >= 11 is 1.82. The van der Waals surface area contributed by atoms with E-state index in [2.05, 4.69) is 36.5 Å². The third kappa shape index (κ3) is 5.93. The Labute approximate surface area is 148 Å². The zero-order valence-corrected chi connectivity index (χ0v) is 15.4. The fourth-order valence-electron chi connectivity index (χ4n) is 2.20. The molecule has 2 aromatic rings. The number of ether oxygens (including phenoxy) is 1. The summed E-state index contributed by atoms with van der Waals surface area (Å²) in [7, 11) is 0. The predicted molar refractivity (Wildman–Crippen MR) is 102 cm³/mol. The van der Waals surface area contributed by atoms with Gasteiger partial charge in [-0.15, -0.1) is 0 Å². The molecule has 0 heterocycles. The number of thioether (sulfide) groups is 1. The zero-order chi connectivity index (χ0) is 17.4. The second-order valence-electron chi connectivity index (χ2n) is 5.85. The largest absolute Gasteiger partial charge is 0.481 e. The van der Waals surface area contributed by atoms with Crippen molar-refractivity contribution >= 4 is 17.7 Å². The molecule has 1 amide bonds. The summed E-state index contributed by atoms with van der Waals surface area (Å²) in [5, 5.41) is 2.93. The monoisotopic (exact) mass is 343 g/mol. The molecule has 2 aromatic carbocycles. The lowest BCUT2D eigenvalue weighted by Crippen LogP contribution is -2.37. The molecule has 1 atom stereocenters. The van der Waals surface area contributed by atoms with E-state index in [1.54, 1.807) is 6.92 Å². The standard InChI is InChI=1S/C20H25NO2S/c1-15-8-10-18(11-9-15)14-24-13-12-21-20(22)17(3)23-19-7-5-4-6-16(19)2/h4-11,17H,12-14H2,1-3H3,(H,21,22)/t17-/m0/s1. The van der Waals surface area contributed by atoms with Gasteiger partial charge in [0.25, 0.3) is 5.91 Å². The lowest BCUT2D eigenvalue weighted by Gasteiger charge is -2.16. The summed E-state index contributed by atoms with van der Waals surface area (Å²) in [4.78, 5) is 12.1. The highest BCUT2D eigenvalue weighted by molar-refractivity contribution is 7.98. The summed E-state index contributed by atoms with van der Waals surface area (Å²) in [6.07, 6.45) is -0.492. The molecular formula is C20H25NO2S. The maximum absolute atomic E-state index is 12.1. The highest BCUT2D eigenvalue weighted by atomic mass is 32.2. The van der Waals surface area contributed by atoms with E-state index in [9.17, 15) is 4.79 Å². The number of aryl methyl sites for hydroxylation is 2. The van der Waals surface area contributed by atoms with Gasteiger partial charge in [0, 0.05) is 18.1 Å². The average molecular weight is 343 g/mol.